The Kier molecular flexibility index (Phi) is 9.32. The highest BCUT2D eigenvalue weighted by atomic mass is 32.2. The minimum atomic E-state index is -3.65. The lowest BCUT2D eigenvalue weighted by Crippen LogP contribution is -2.48. The summed E-state index contributed by atoms with van der Waals surface area (Å²) in [6.45, 7) is 4.99. The second kappa shape index (κ2) is 13.3. The molecule has 41 heavy (non-hydrogen) atoms. The molecule has 12 heteroatoms. The van der Waals surface area contributed by atoms with Gasteiger partial charge in [-0.05, 0) is 53.9 Å². The van der Waals surface area contributed by atoms with Crippen LogP contribution in [0.2, 0.25) is 0 Å². The van der Waals surface area contributed by atoms with Gasteiger partial charge in [-0.3, -0.25) is 14.2 Å². The summed E-state index contributed by atoms with van der Waals surface area (Å²) in [6.07, 6.45) is 1.74. The normalized spacial score (nSPS) is 14.9. The van der Waals surface area contributed by atoms with E-state index >= 15 is 0 Å². The smallest absolute Gasteiger partial charge is 0.314 e. The van der Waals surface area contributed by atoms with Crippen LogP contribution in [0.4, 0.5) is 14.5 Å². The van der Waals surface area contributed by atoms with Crippen LogP contribution < -0.4 is 4.31 Å². The van der Waals surface area contributed by atoms with Crippen LogP contribution >= 0.6 is 0 Å². The maximum Gasteiger partial charge on any atom is 0.314 e. The van der Waals surface area contributed by atoms with E-state index in [1.807, 2.05) is 42.7 Å². The lowest BCUT2D eigenvalue weighted by molar-refractivity contribution is 0.116. The summed E-state index contributed by atoms with van der Waals surface area (Å²) >= 11 is 0. The van der Waals surface area contributed by atoms with Crippen LogP contribution in [0, 0.1) is 0 Å². The fourth-order valence-electron chi connectivity index (χ4n) is 4.73. The molecule has 0 unspecified atom stereocenters. The molecular weight excluding hydrogens is 550 g/mol. The van der Waals surface area contributed by atoms with Gasteiger partial charge in [-0.15, -0.1) is 10.2 Å². The van der Waals surface area contributed by atoms with Crippen molar-refractivity contribution in [3.8, 4) is 11.5 Å². The number of halogens is 2. The van der Waals surface area contributed by atoms with Crippen LogP contribution in [-0.2, 0) is 23.0 Å². The van der Waals surface area contributed by atoms with Gasteiger partial charge in [-0.25, -0.2) is 8.42 Å². The predicted molar refractivity (Wildman–Crippen MR) is 152 cm³/mol. The molecule has 3 heterocycles. The topological polar surface area (TPSA) is 95.7 Å². The molecule has 0 spiro atoms. The molecule has 1 fully saturated rings. The number of benzene rings is 2. The van der Waals surface area contributed by atoms with Gasteiger partial charge in [0.15, 0.2) is 0 Å². The third-order valence-electron chi connectivity index (χ3n) is 7.13. The summed E-state index contributed by atoms with van der Waals surface area (Å²) in [5, 5.41) is 7.03. The van der Waals surface area contributed by atoms with Gasteiger partial charge in [0.2, 0.25) is 15.9 Å². The summed E-state index contributed by atoms with van der Waals surface area (Å²) in [7, 11) is -3.65. The third-order valence-corrected chi connectivity index (χ3v) is 8.84. The number of sulfonamides is 1. The van der Waals surface area contributed by atoms with Gasteiger partial charge in [0.05, 0.1) is 18.0 Å². The third kappa shape index (κ3) is 7.72. The second-order valence-corrected chi connectivity index (χ2v) is 11.9. The molecule has 4 aromatic rings. The van der Waals surface area contributed by atoms with Crippen molar-refractivity contribution in [2.75, 3.05) is 49.3 Å². The Balaban J connectivity index is 1.19. The molecule has 1 aliphatic heterocycles. The first kappa shape index (κ1) is 28.8. The summed E-state index contributed by atoms with van der Waals surface area (Å²) in [5.41, 5.74) is 3.05. The van der Waals surface area contributed by atoms with E-state index < -0.39 is 22.3 Å². The minimum absolute atomic E-state index is 0.00458. The number of piperazine rings is 1. The molecule has 0 amide bonds. The van der Waals surface area contributed by atoms with Crippen molar-refractivity contribution in [1.82, 2.24) is 25.0 Å². The SMILES string of the molecule is O=S(=O)(CCN1CCN(CCc2ccncc2)CC1)N(Cc1ccc(-c2nnc(C(F)F)o2)cc1)c1ccccc1. The quantitative estimate of drug-likeness (QED) is 0.245. The molecule has 5 rings (SSSR count). The second-order valence-electron chi connectivity index (χ2n) is 9.89. The van der Waals surface area contributed by atoms with Gasteiger partial charge in [0.1, 0.15) is 0 Å². The molecule has 0 aliphatic carbocycles. The lowest BCUT2D eigenvalue weighted by atomic mass is 10.1. The minimum Gasteiger partial charge on any atom is -0.415 e. The number of aromatic nitrogens is 3. The zero-order valence-corrected chi connectivity index (χ0v) is 23.3. The Bertz CT molecular complexity index is 1480. The van der Waals surface area contributed by atoms with Crippen LogP contribution in [0.1, 0.15) is 23.4 Å². The van der Waals surface area contributed by atoms with E-state index in [1.54, 1.807) is 36.4 Å². The Morgan fingerprint density at radius 3 is 2.12 bits per heavy atom. The molecule has 1 aliphatic rings. The van der Waals surface area contributed by atoms with Gasteiger partial charge in [-0.1, -0.05) is 30.3 Å². The number of rotatable bonds is 12. The average Bonchev–Trinajstić information content (AvgIpc) is 3.51. The highest BCUT2D eigenvalue weighted by molar-refractivity contribution is 7.92. The van der Waals surface area contributed by atoms with Crippen molar-refractivity contribution in [3.63, 3.8) is 0 Å². The molecule has 216 valence electrons. The summed E-state index contributed by atoms with van der Waals surface area (Å²) in [5.74, 6) is -0.760. The van der Waals surface area contributed by atoms with Crippen molar-refractivity contribution in [3.05, 3.63) is 96.1 Å². The van der Waals surface area contributed by atoms with E-state index in [-0.39, 0.29) is 18.2 Å². The predicted octanol–water partition coefficient (Wildman–Crippen LogP) is 4.27. The van der Waals surface area contributed by atoms with Crippen molar-refractivity contribution in [2.24, 2.45) is 0 Å². The van der Waals surface area contributed by atoms with Gasteiger partial charge in [0, 0.05) is 57.2 Å². The standard InChI is InChI=1S/C29H32F2N6O3S/c30-27(31)29-34-33-28(40-29)25-8-6-24(7-9-25)22-37(26-4-2-1-3-5-26)41(38,39)21-20-36-18-16-35(17-19-36)15-12-23-10-13-32-14-11-23/h1-11,13-14,27H,12,15-22H2. The highest BCUT2D eigenvalue weighted by Gasteiger charge is 2.25. The van der Waals surface area contributed by atoms with E-state index in [4.69, 9.17) is 4.42 Å². The molecule has 0 N–H and O–H groups in total. The highest BCUT2D eigenvalue weighted by Crippen LogP contribution is 2.25. The van der Waals surface area contributed by atoms with Gasteiger partial charge in [-0.2, -0.15) is 8.78 Å². The molecule has 9 nitrogen and oxygen atoms in total. The zero-order chi connectivity index (χ0) is 28.7. The molecule has 2 aromatic carbocycles. The van der Waals surface area contributed by atoms with Crippen molar-refractivity contribution in [1.29, 1.82) is 0 Å². The van der Waals surface area contributed by atoms with E-state index in [0.717, 1.165) is 44.7 Å². The van der Waals surface area contributed by atoms with Crippen molar-refractivity contribution < 1.29 is 21.6 Å². The molecule has 0 bridgehead atoms. The monoisotopic (exact) mass is 582 g/mol. The largest absolute Gasteiger partial charge is 0.415 e. The molecule has 0 radical (unpaired) electrons. The number of hydrogen-bond donors (Lipinski definition) is 0. The summed E-state index contributed by atoms with van der Waals surface area (Å²) < 4.78 is 59.3. The Morgan fingerprint density at radius 1 is 0.829 bits per heavy atom. The fourth-order valence-corrected chi connectivity index (χ4v) is 6.23. The lowest BCUT2D eigenvalue weighted by Gasteiger charge is -2.35. The van der Waals surface area contributed by atoms with Crippen molar-refractivity contribution >= 4 is 15.7 Å². The molecule has 0 saturated carbocycles. The van der Waals surface area contributed by atoms with Gasteiger partial charge in [0.25, 0.3) is 5.89 Å². The number of nitrogens with zero attached hydrogens (tertiary/aromatic N) is 6. The molecule has 2 aromatic heterocycles. The van der Waals surface area contributed by atoms with Gasteiger partial charge < -0.3 is 9.32 Å². The Hall–Kier alpha value is -3.74. The zero-order valence-electron chi connectivity index (χ0n) is 22.5. The first-order chi connectivity index (χ1) is 19.9. The first-order valence-corrected chi connectivity index (χ1v) is 15.1. The number of hydrogen-bond acceptors (Lipinski definition) is 8. The first-order valence-electron chi connectivity index (χ1n) is 13.5. The summed E-state index contributed by atoms with van der Waals surface area (Å²) in [6, 6.07) is 19.9. The van der Waals surface area contributed by atoms with Crippen LogP contribution in [0.5, 0.6) is 0 Å². The average molecular weight is 583 g/mol. The fraction of sp³-hybridized carbons (Fsp3) is 0.345. The van der Waals surface area contributed by atoms with Crippen LogP contribution in [0.25, 0.3) is 11.5 Å². The van der Waals surface area contributed by atoms with Crippen molar-refractivity contribution in [2.45, 2.75) is 19.4 Å². The Morgan fingerprint density at radius 2 is 1.49 bits per heavy atom. The number of pyridine rings is 1. The summed E-state index contributed by atoms with van der Waals surface area (Å²) in [4.78, 5) is 8.68. The van der Waals surface area contributed by atoms with Crippen LogP contribution in [0.15, 0.2) is 83.5 Å². The van der Waals surface area contributed by atoms with E-state index in [2.05, 4.69) is 25.0 Å². The molecule has 1 saturated heterocycles. The van der Waals surface area contributed by atoms with E-state index in [1.165, 1.54) is 9.87 Å². The maximum absolute atomic E-state index is 13.6. The molecule has 0 atom stereocenters. The van der Waals surface area contributed by atoms with E-state index in [0.29, 0.717) is 17.8 Å². The Labute approximate surface area is 238 Å². The van der Waals surface area contributed by atoms with E-state index in [9.17, 15) is 17.2 Å². The number of anilines is 1. The molecular formula is C29H32F2N6O3S. The van der Waals surface area contributed by atoms with Crippen LogP contribution in [-0.4, -0.2) is 78.4 Å². The maximum atomic E-state index is 13.6. The van der Waals surface area contributed by atoms with Gasteiger partial charge >= 0.3 is 6.43 Å². The number of alkyl halides is 2. The van der Waals surface area contributed by atoms with Crippen LogP contribution in [0.3, 0.4) is 0 Å². The number of para-hydroxylation sites is 1.